The molecule has 2 bridgehead atoms. The summed E-state index contributed by atoms with van der Waals surface area (Å²) >= 11 is 0. The molecule has 8 heteroatoms. The SMILES string of the molecule is O=C(Cc1cccc(S(=O)(=O)Oc2cc3ccccc3o2)c1)N[C@@H]1CN2CC[C@H]1C2. The van der Waals surface area contributed by atoms with Gasteiger partial charge >= 0.3 is 16.1 Å². The van der Waals surface area contributed by atoms with Crippen molar-refractivity contribution in [2.75, 3.05) is 19.6 Å². The van der Waals surface area contributed by atoms with Crippen molar-refractivity contribution in [1.82, 2.24) is 10.2 Å². The van der Waals surface area contributed by atoms with Crippen molar-refractivity contribution < 1.29 is 21.8 Å². The maximum atomic E-state index is 12.7. The minimum Gasteiger partial charge on any atom is -0.425 e. The molecule has 2 saturated heterocycles. The summed E-state index contributed by atoms with van der Waals surface area (Å²) < 4.78 is 36.0. The first kappa shape index (κ1) is 19.1. The Morgan fingerprint density at radius 2 is 2.00 bits per heavy atom. The average Bonchev–Trinajstić information content (AvgIpc) is 3.42. The van der Waals surface area contributed by atoms with Crippen LogP contribution in [0.3, 0.4) is 0 Å². The number of furan rings is 1. The van der Waals surface area contributed by atoms with Crippen LogP contribution in [0.2, 0.25) is 0 Å². The highest BCUT2D eigenvalue weighted by atomic mass is 32.2. The van der Waals surface area contributed by atoms with Crippen LogP contribution in [0, 0.1) is 5.92 Å². The standard InChI is InChI=1S/C22H22N2O5S/c25-21(23-19-14-24-9-8-17(19)13-24)11-15-4-3-6-18(10-15)30(26,27)29-22-12-16-5-1-2-7-20(16)28-22/h1-7,10,12,17,19H,8-9,11,13-14H2,(H,23,25)/t17-,19+/m0/s1. The largest absolute Gasteiger partial charge is 0.425 e. The molecule has 7 nitrogen and oxygen atoms in total. The molecule has 2 fully saturated rings. The van der Waals surface area contributed by atoms with Crippen LogP contribution in [0.5, 0.6) is 5.95 Å². The molecule has 1 aromatic heterocycles. The molecule has 1 amide bonds. The number of fused-ring (bicyclic) bond motifs is 3. The summed E-state index contributed by atoms with van der Waals surface area (Å²) in [5, 5.41) is 3.85. The first-order valence-electron chi connectivity index (χ1n) is 10.00. The van der Waals surface area contributed by atoms with Crippen molar-refractivity contribution in [3.63, 3.8) is 0 Å². The number of hydrogen-bond donors (Lipinski definition) is 1. The van der Waals surface area contributed by atoms with Crippen LogP contribution >= 0.6 is 0 Å². The zero-order valence-corrected chi connectivity index (χ0v) is 17.1. The minimum atomic E-state index is -4.08. The number of nitrogens with zero attached hydrogens (tertiary/aromatic N) is 1. The van der Waals surface area contributed by atoms with Gasteiger partial charge in [-0.2, -0.15) is 8.42 Å². The number of nitrogens with one attached hydrogen (secondary N) is 1. The van der Waals surface area contributed by atoms with E-state index in [2.05, 4.69) is 10.2 Å². The normalized spacial score (nSPS) is 23.0. The van der Waals surface area contributed by atoms with E-state index in [1.54, 1.807) is 24.3 Å². The second-order valence-corrected chi connectivity index (χ2v) is 9.49. The molecule has 2 aliphatic rings. The monoisotopic (exact) mass is 426 g/mol. The number of rotatable bonds is 6. The molecule has 30 heavy (non-hydrogen) atoms. The molecule has 156 valence electrons. The van der Waals surface area contributed by atoms with Gasteiger partial charge in [0, 0.05) is 30.6 Å². The van der Waals surface area contributed by atoms with Crippen molar-refractivity contribution in [1.29, 1.82) is 0 Å². The van der Waals surface area contributed by atoms with E-state index in [9.17, 15) is 13.2 Å². The predicted octanol–water partition coefficient (Wildman–Crippen LogP) is 2.56. The highest BCUT2D eigenvalue weighted by Gasteiger charge is 2.38. The Morgan fingerprint density at radius 3 is 2.77 bits per heavy atom. The Kier molecular flexibility index (Phi) is 4.75. The smallest absolute Gasteiger partial charge is 0.341 e. The van der Waals surface area contributed by atoms with E-state index in [1.807, 2.05) is 12.1 Å². The third kappa shape index (κ3) is 3.80. The van der Waals surface area contributed by atoms with E-state index in [4.69, 9.17) is 8.60 Å². The van der Waals surface area contributed by atoms with Crippen LogP contribution in [0.1, 0.15) is 12.0 Å². The number of piperidine rings is 1. The molecular weight excluding hydrogens is 404 g/mol. The van der Waals surface area contributed by atoms with E-state index in [-0.39, 0.29) is 29.2 Å². The van der Waals surface area contributed by atoms with Crippen LogP contribution < -0.4 is 9.50 Å². The number of carbonyl (C=O) groups excluding carboxylic acids is 1. The lowest BCUT2D eigenvalue weighted by atomic mass is 9.99. The highest BCUT2D eigenvalue weighted by molar-refractivity contribution is 7.87. The molecule has 3 heterocycles. The molecule has 2 aliphatic heterocycles. The Morgan fingerprint density at radius 1 is 1.13 bits per heavy atom. The molecule has 0 spiro atoms. The van der Waals surface area contributed by atoms with Crippen molar-refractivity contribution in [2.24, 2.45) is 5.92 Å². The summed E-state index contributed by atoms with van der Waals surface area (Å²) in [7, 11) is -4.08. The van der Waals surface area contributed by atoms with E-state index in [1.165, 1.54) is 18.2 Å². The van der Waals surface area contributed by atoms with Gasteiger partial charge in [-0.1, -0.05) is 30.3 Å². The number of para-hydroxylation sites is 1. The van der Waals surface area contributed by atoms with E-state index in [0.29, 0.717) is 17.1 Å². The lowest BCUT2D eigenvalue weighted by molar-refractivity contribution is -0.121. The van der Waals surface area contributed by atoms with Crippen LogP contribution in [0.15, 0.2) is 63.9 Å². The fourth-order valence-electron chi connectivity index (χ4n) is 4.36. The Bertz CT molecular complexity index is 1170. The zero-order chi connectivity index (χ0) is 20.7. The van der Waals surface area contributed by atoms with Gasteiger partial charge in [0.1, 0.15) is 10.5 Å². The van der Waals surface area contributed by atoms with Crippen LogP contribution in [-0.4, -0.2) is 44.9 Å². The molecule has 1 unspecified atom stereocenters. The summed E-state index contributed by atoms with van der Waals surface area (Å²) in [6.07, 6.45) is 1.25. The van der Waals surface area contributed by atoms with Crippen molar-refractivity contribution in [3.05, 3.63) is 60.2 Å². The number of hydrogen-bond acceptors (Lipinski definition) is 6. The first-order chi connectivity index (χ1) is 14.5. The Hall–Kier alpha value is -2.84. The summed E-state index contributed by atoms with van der Waals surface area (Å²) in [4.78, 5) is 14.8. The first-order valence-corrected chi connectivity index (χ1v) is 11.4. The summed E-state index contributed by atoms with van der Waals surface area (Å²) in [5.74, 6) is 0.338. The summed E-state index contributed by atoms with van der Waals surface area (Å²) in [6, 6.07) is 15.2. The van der Waals surface area contributed by atoms with Gasteiger partial charge in [-0.05, 0) is 42.6 Å². The molecule has 2 aromatic carbocycles. The molecular formula is C22H22N2O5S. The Labute approximate surface area is 174 Å². The molecule has 5 rings (SSSR count). The lowest BCUT2D eigenvalue weighted by Gasteiger charge is -2.23. The molecule has 0 radical (unpaired) electrons. The third-order valence-electron chi connectivity index (χ3n) is 5.83. The zero-order valence-electron chi connectivity index (χ0n) is 16.3. The van der Waals surface area contributed by atoms with Crippen molar-refractivity contribution in [3.8, 4) is 5.95 Å². The molecule has 1 N–H and O–H groups in total. The quantitative estimate of drug-likeness (QED) is 0.610. The van der Waals surface area contributed by atoms with E-state index in [0.717, 1.165) is 31.4 Å². The lowest BCUT2D eigenvalue weighted by Crippen LogP contribution is -2.43. The Balaban J connectivity index is 1.28. The van der Waals surface area contributed by atoms with Gasteiger partial charge in [0.05, 0.1) is 6.42 Å². The van der Waals surface area contributed by atoms with Crippen LogP contribution in [-0.2, 0) is 21.3 Å². The summed E-state index contributed by atoms with van der Waals surface area (Å²) in [6.45, 7) is 3.07. The van der Waals surface area contributed by atoms with E-state index >= 15 is 0 Å². The van der Waals surface area contributed by atoms with Crippen molar-refractivity contribution in [2.45, 2.75) is 23.8 Å². The van der Waals surface area contributed by atoms with Gasteiger partial charge < -0.3 is 18.8 Å². The van der Waals surface area contributed by atoms with Gasteiger partial charge in [0.2, 0.25) is 5.91 Å². The predicted molar refractivity (Wildman–Crippen MR) is 111 cm³/mol. The second-order valence-electron chi connectivity index (χ2n) is 7.95. The van der Waals surface area contributed by atoms with Crippen molar-refractivity contribution >= 4 is 27.0 Å². The van der Waals surface area contributed by atoms with Gasteiger partial charge in [-0.3, -0.25) is 4.79 Å². The maximum Gasteiger partial charge on any atom is 0.341 e. The molecule has 0 aliphatic carbocycles. The molecule has 3 aromatic rings. The molecule has 0 saturated carbocycles. The molecule has 3 atom stereocenters. The third-order valence-corrected chi connectivity index (χ3v) is 7.04. The van der Waals surface area contributed by atoms with E-state index < -0.39 is 10.1 Å². The van der Waals surface area contributed by atoms with Crippen LogP contribution in [0.4, 0.5) is 0 Å². The fourth-order valence-corrected chi connectivity index (χ4v) is 5.29. The number of benzene rings is 2. The maximum absolute atomic E-state index is 12.7. The average molecular weight is 426 g/mol. The van der Waals surface area contributed by atoms with Gasteiger partial charge in [-0.25, -0.2) is 0 Å². The van der Waals surface area contributed by atoms with Crippen LogP contribution in [0.25, 0.3) is 11.0 Å². The van der Waals surface area contributed by atoms with Gasteiger partial charge in [0.25, 0.3) is 0 Å². The number of carbonyl (C=O) groups is 1. The van der Waals surface area contributed by atoms with Gasteiger partial charge in [0.15, 0.2) is 0 Å². The van der Waals surface area contributed by atoms with Gasteiger partial charge in [-0.15, -0.1) is 0 Å². The topological polar surface area (TPSA) is 88.8 Å². The minimum absolute atomic E-state index is 0.0145. The fraction of sp³-hybridized carbons (Fsp3) is 0.318. The number of amides is 1. The highest BCUT2D eigenvalue weighted by Crippen LogP contribution is 2.29. The second kappa shape index (κ2) is 7.45. The summed E-state index contributed by atoms with van der Waals surface area (Å²) in [5.41, 5.74) is 1.16.